The standard InChI is InChI=1S/C14H20O2.CH4/c1-5-10-16-12-8-6-11(7-9-12)13(15)14(2,3)4;/h6-9H,5,10H2,1-4H3;1H4. The topological polar surface area (TPSA) is 26.3 Å². The summed E-state index contributed by atoms with van der Waals surface area (Å²) in [6, 6.07) is 7.38. The fraction of sp³-hybridized carbons (Fsp3) is 0.533. The molecule has 96 valence electrons. The zero-order chi connectivity index (χ0) is 12.2. The second-order valence-corrected chi connectivity index (χ2v) is 4.95. The Bertz CT molecular complexity index is 344. The van der Waals surface area contributed by atoms with Crippen LogP contribution < -0.4 is 4.74 Å². The lowest BCUT2D eigenvalue weighted by molar-refractivity contribution is 0.0858. The van der Waals surface area contributed by atoms with E-state index in [9.17, 15) is 4.79 Å². The number of benzene rings is 1. The number of hydrogen-bond donors (Lipinski definition) is 0. The molecule has 0 unspecified atom stereocenters. The smallest absolute Gasteiger partial charge is 0.168 e. The van der Waals surface area contributed by atoms with Crippen molar-refractivity contribution < 1.29 is 9.53 Å². The predicted octanol–water partition coefficient (Wildman–Crippen LogP) is 4.34. The van der Waals surface area contributed by atoms with Crippen molar-refractivity contribution in [2.24, 2.45) is 5.41 Å². The Hall–Kier alpha value is -1.31. The van der Waals surface area contributed by atoms with Crippen LogP contribution in [0.4, 0.5) is 0 Å². The second-order valence-electron chi connectivity index (χ2n) is 4.95. The van der Waals surface area contributed by atoms with E-state index in [1.165, 1.54) is 0 Å². The van der Waals surface area contributed by atoms with Gasteiger partial charge >= 0.3 is 0 Å². The molecule has 0 aromatic heterocycles. The number of rotatable bonds is 4. The third-order valence-corrected chi connectivity index (χ3v) is 2.27. The highest BCUT2D eigenvalue weighted by Crippen LogP contribution is 2.22. The summed E-state index contributed by atoms with van der Waals surface area (Å²) in [6.45, 7) is 8.56. The molecule has 0 N–H and O–H groups in total. The Morgan fingerprint density at radius 2 is 1.71 bits per heavy atom. The predicted molar refractivity (Wildman–Crippen MR) is 72.7 cm³/mol. The molecule has 0 amide bonds. The Morgan fingerprint density at radius 1 is 1.18 bits per heavy atom. The Kier molecular flexibility index (Phi) is 5.94. The van der Waals surface area contributed by atoms with Crippen LogP contribution in [0.5, 0.6) is 5.75 Å². The highest BCUT2D eigenvalue weighted by Gasteiger charge is 2.22. The fourth-order valence-electron chi connectivity index (χ4n) is 1.36. The van der Waals surface area contributed by atoms with Gasteiger partial charge in [-0.05, 0) is 30.7 Å². The van der Waals surface area contributed by atoms with Gasteiger partial charge < -0.3 is 4.74 Å². The van der Waals surface area contributed by atoms with Crippen molar-refractivity contribution >= 4 is 5.78 Å². The highest BCUT2D eigenvalue weighted by atomic mass is 16.5. The lowest BCUT2D eigenvalue weighted by Gasteiger charge is -2.16. The summed E-state index contributed by atoms with van der Waals surface area (Å²) < 4.78 is 5.46. The van der Waals surface area contributed by atoms with Gasteiger partial charge in [-0.2, -0.15) is 0 Å². The molecule has 0 saturated heterocycles. The maximum absolute atomic E-state index is 12.0. The van der Waals surface area contributed by atoms with E-state index in [4.69, 9.17) is 4.74 Å². The first-order chi connectivity index (χ1) is 7.45. The van der Waals surface area contributed by atoms with E-state index in [2.05, 4.69) is 6.92 Å². The minimum atomic E-state index is -0.328. The van der Waals surface area contributed by atoms with Crippen molar-refractivity contribution in [1.82, 2.24) is 0 Å². The van der Waals surface area contributed by atoms with Gasteiger partial charge in [-0.1, -0.05) is 35.1 Å². The van der Waals surface area contributed by atoms with Gasteiger partial charge in [0.25, 0.3) is 0 Å². The minimum absolute atomic E-state index is 0. The summed E-state index contributed by atoms with van der Waals surface area (Å²) >= 11 is 0. The third kappa shape index (κ3) is 4.59. The van der Waals surface area contributed by atoms with Crippen molar-refractivity contribution in [3.63, 3.8) is 0 Å². The van der Waals surface area contributed by atoms with Gasteiger partial charge in [0.1, 0.15) is 5.75 Å². The molecule has 0 spiro atoms. The normalized spacial score (nSPS) is 10.6. The van der Waals surface area contributed by atoms with E-state index in [0.29, 0.717) is 6.61 Å². The first-order valence-electron chi connectivity index (χ1n) is 5.73. The zero-order valence-corrected chi connectivity index (χ0v) is 10.5. The maximum atomic E-state index is 12.0. The molecule has 1 aromatic carbocycles. The van der Waals surface area contributed by atoms with Gasteiger partial charge in [-0.15, -0.1) is 0 Å². The molecule has 2 nitrogen and oxygen atoms in total. The Balaban J connectivity index is 0.00000256. The lowest BCUT2D eigenvalue weighted by atomic mass is 9.86. The Morgan fingerprint density at radius 3 is 2.12 bits per heavy atom. The van der Waals surface area contributed by atoms with Crippen molar-refractivity contribution in [2.45, 2.75) is 41.5 Å². The molecule has 0 aliphatic carbocycles. The van der Waals surface area contributed by atoms with E-state index in [1.54, 1.807) is 0 Å². The van der Waals surface area contributed by atoms with Gasteiger partial charge in [-0.25, -0.2) is 0 Å². The molecule has 0 aliphatic rings. The largest absolute Gasteiger partial charge is 0.494 e. The van der Waals surface area contributed by atoms with Gasteiger partial charge in [0.15, 0.2) is 5.78 Å². The average molecular weight is 236 g/mol. The summed E-state index contributed by atoms with van der Waals surface area (Å²) in [5.74, 6) is 0.988. The highest BCUT2D eigenvalue weighted by molar-refractivity contribution is 5.99. The van der Waals surface area contributed by atoms with Crippen LogP contribution in [0, 0.1) is 5.41 Å². The molecule has 0 atom stereocenters. The van der Waals surface area contributed by atoms with Crippen molar-refractivity contribution in [3.05, 3.63) is 29.8 Å². The molecular formula is C15H24O2. The number of ketones is 1. The molecule has 0 heterocycles. The van der Waals surface area contributed by atoms with Crippen LogP contribution in [0.2, 0.25) is 0 Å². The molecule has 0 aliphatic heterocycles. The molecule has 0 fully saturated rings. The summed E-state index contributed by atoms with van der Waals surface area (Å²) in [5, 5.41) is 0. The number of carbonyl (C=O) groups excluding carboxylic acids is 1. The molecule has 1 aromatic rings. The summed E-state index contributed by atoms with van der Waals surface area (Å²) in [5.41, 5.74) is 0.419. The summed E-state index contributed by atoms with van der Waals surface area (Å²) in [6.07, 6.45) is 0.989. The number of hydrogen-bond acceptors (Lipinski definition) is 2. The number of Topliss-reactive ketones (excluding diaryl/α,β-unsaturated/α-hetero) is 1. The van der Waals surface area contributed by atoms with E-state index in [1.807, 2.05) is 45.0 Å². The third-order valence-electron chi connectivity index (χ3n) is 2.27. The summed E-state index contributed by atoms with van der Waals surface area (Å²) in [7, 11) is 0. The molecule has 2 heteroatoms. The lowest BCUT2D eigenvalue weighted by Crippen LogP contribution is -2.19. The van der Waals surface area contributed by atoms with Gasteiger partial charge in [0.2, 0.25) is 0 Å². The molecule has 1 rings (SSSR count). The molecular weight excluding hydrogens is 212 g/mol. The number of ether oxygens (including phenoxy) is 1. The van der Waals surface area contributed by atoms with E-state index in [0.717, 1.165) is 17.7 Å². The van der Waals surface area contributed by atoms with Crippen molar-refractivity contribution in [2.75, 3.05) is 6.61 Å². The molecule has 0 saturated carbocycles. The van der Waals surface area contributed by atoms with Gasteiger partial charge in [0.05, 0.1) is 6.61 Å². The Labute approximate surface area is 105 Å². The summed E-state index contributed by atoms with van der Waals surface area (Å²) in [4.78, 5) is 12.0. The average Bonchev–Trinajstić information content (AvgIpc) is 2.25. The first-order valence-corrected chi connectivity index (χ1v) is 5.73. The van der Waals surface area contributed by atoms with Crippen LogP contribution >= 0.6 is 0 Å². The van der Waals surface area contributed by atoms with Crippen LogP contribution in [0.3, 0.4) is 0 Å². The van der Waals surface area contributed by atoms with Crippen LogP contribution in [-0.2, 0) is 0 Å². The molecule has 0 bridgehead atoms. The number of carbonyl (C=O) groups is 1. The van der Waals surface area contributed by atoms with Crippen LogP contribution in [0.1, 0.15) is 51.9 Å². The monoisotopic (exact) mass is 236 g/mol. The van der Waals surface area contributed by atoms with Crippen molar-refractivity contribution in [3.8, 4) is 5.75 Å². The second kappa shape index (κ2) is 6.43. The molecule has 0 radical (unpaired) electrons. The SMILES string of the molecule is C.CCCOc1ccc(C(=O)C(C)(C)C)cc1. The van der Waals surface area contributed by atoms with Gasteiger partial charge in [0, 0.05) is 11.0 Å². The quantitative estimate of drug-likeness (QED) is 0.727. The van der Waals surface area contributed by atoms with Gasteiger partial charge in [-0.3, -0.25) is 4.79 Å². The van der Waals surface area contributed by atoms with E-state index >= 15 is 0 Å². The van der Waals surface area contributed by atoms with Crippen LogP contribution in [0.15, 0.2) is 24.3 Å². The molecule has 17 heavy (non-hydrogen) atoms. The van der Waals surface area contributed by atoms with Crippen LogP contribution in [0.25, 0.3) is 0 Å². The van der Waals surface area contributed by atoms with E-state index in [-0.39, 0.29) is 18.6 Å². The van der Waals surface area contributed by atoms with E-state index < -0.39 is 0 Å². The first kappa shape index (κ1) is 15.7. The van der Waals surface area contributed by atoms with Crippen molar-refractivity contribution in [1.29, 1.82) is 0 Å². The maximum Gasteiger partial charge on any atom is 0.168 e. The minimum Gasteiger partial charge on any atom is -0.494 e. The van der Waals surface area contributed by atoms with Crippen LogP contribution in [-0.4, -0.2) is 12.4 Å². The fourth-order valence-corrected chi connectivity index (χ4v) is 1.36. The zero-order valence-electron chi connectivity index (χ0n) is 10.5.